The maximum Gasteiger partial charge on any atom is 0.146 e. The molecule has 34 heavy (non-hydrogen) atoms. The van der Waals surface area contributed by atoms with E-state index < -0.39 is 0 Å². The van der Waals surface area contributed by atoms with Gasteiger partial charge in [0.05, 0.1) is 5.56 Å². The van der Waals surface area contributed by atoms with E-state index in [4.69, 9.17) is 0 Å². The minimum Gasteiger partial charge on any atom is -0.205 e. The highest BCUT2D eigenvalue weighted by Gasteiger charge is 2.22. The first-order valence-corrected chi connectivity index (χ1v) is 13.5. The third-order valence-corrected chi connectivity index (χ3v) is 7.60. The topological polar surface area (TPSA) is 0 Å². The van der Waals surface area contributed by atoms with Crippen LogP contribution in [0, 0.1) is 23.6 Å². The molecule has 0 amide bonds. The molecule has 1 heteroatoms. The molecule has 1 aliphatic rings. The van der Waals surface area contributed by atoms with Crippen LogP contribution in [0.2, 0.25) is 0 Å². The van der Waals surface area contributed by atoms with Crippen molar-refractivity contribution >= 4 is 10.8 Å². The van der Waals surface area contributed by atoms with Crippen LogP contribution in [0.4, 0.5) is 4.39 Å². The third kappa shape index (κ3) is 6.29. The predicted octanol–water partition coefficient (Wildman–Crippen LogP) is 9.58. The highest BCUT2D eigenvalue weighted by Crippen LogP contribution is 2.38. The zero-order valence-corrected chi connectivity index (χ0v) is 21.0. The molecule has 0 atom stereocenters. The van der Waals surface area contributed by atoms with Gasteiger partial charge in [0.15, 0.2) is 0 Å². The largest absolute Gasteiger partial charge is 0.205 e. The molecule has 0 saturated heterocycles. The number of aryl methyl sites for hydroxylation is 1. The Hall–Kier alpha value is -2.59. The van der Waals surface area contributed by atoms with E-state index in [1.165, 1.54) is 68.9 Å². The number of fused-ring (bicyclic) bond motifs is 1. The summed E-state index contributed by atoms with van der Waals surface area (Å²) in [4.78, 5) is 0. The summed E-state index contributed by atoms with van der Waals surface area (Å²) in [6.45, 7) is 4.46. The van der Waals surface area contributed by atoms with E-state index in [9.17, 15) is 0 Å². The summed E-state index contributed by atoms with van der Waals surface area (Å²) in [5.74, 6) is 7.52. The van der Waals surface area contributed by atoms with Gasteiger partial charge in [-0.1, -0.05) is 101 Å². The average molecular weight is 455 g/mol. The van der Waals surface area contributed by atoms with Crippen LogP contribution in [0.15, 0.2) is 54.6 Å². The normalized spacial score (nSPS) is 18.0. The van der Waals surface area contributed by atoms with Gasteiger partial charge in [-0.15, -0.1) is 0 Å². The van der Waals surface area contributed by atoms with Crippen molar-refractivity contribution in [2.24, 2.45) is 5.92 Å². The second-order valence-electron chi connectivity index (χ2n) is 10.2. The Labute approximate surface area is 206 Å². The lowest BCUT2D eigenvalue weighted by atomic mass is 9.76. The van der Waals surface area contributed by atoms with Crippen LogP contribution >= 0.6 is 0 Å². The van der Waals surface area contributed by atoms with Gasteiger partial charge in [0.25, 0.3) is 0 Å². The van der Waals surface area contributed by atoms with Crippen LogP contribution in [0.3, 0.4) is 0 Å². The van der Waals surface area contributed by atoms with Crippen molar-refractivity contribution in [1.29, 1.82) is 0 Å². The first-order valence-electron chi connectivity index (χ1n) is 13.5. The molecule has 0 bridgehead atoms. The smallest absolute Gasteiger partial charge is 0.146 e. The maximum absolute atomic E-state index is 15.2. The lowest BCUT2D eigenvalue weighted by Gasteiger charge is -2.29. The summed E-state index contributed by atoms with van der Waals surface area (Å²) in [6.07, 6.45) is 14.3. The van der Waals surface area contributed by atoms with Crippen molar-refractivity contribution < 1.29 is 4.39 Å². The van der Waals surface area contributed by atoms with Gasteiger partial charge in [0.2, 0.25) is 0 Å². The molecule has 0 aromatic heterocycles. The fourth-order valence-corrected chi connectivity index (χ4v) is 5.49. The molecule has 0 radical (unpaired) electrons. The quantitative estimate of drug-likeness (QED) is 0.235. The summed E-state index contributed by atoms with van der Waals surface area (Å²) in [7, 11) is 0. The van der Waals surface area contributed by atoms with Crippen LogP contribution in [0.1, 0.15) is 106 Å². The van der Waals surface area contributed by atoms with E-state index >= 15 is 4.39 Å². The summed E-state index contributed by atoms with van der Waals surface area (Å²) in [5, 5.41) is 1.67. The Bertz CT molecular complexity index is 1120. The molecule has 0 N–H and O–H groups in total. The molecule has 0 spiro atoms. The van der Waals surface area contributed by atoms with E-state index in [0.717, 1.165) is 29.7 Å². The Balaban J connectivity index is 1.41. The Morgan fingerprint density at radius 3 is 2.32 bits per heavy atom. The van der Waals surface area contributed by atoms with Gasteiger partial charge in [-0.3, -0.25) is 0 Å². The van der Waals surface area contributed by atoms with Crippen LogP contribution in [-0.2, 0) is 6.42 Å². The molecule has 1 aliphatic carbocycles. The molecular weight excluding hydrogens is 415 g/mol. The van der Waals surface area contributed by atoms with Crippen molar-refractivity contribution in [1.82, 2.24) is 0 Å². The molecule has 0 unspecified atom stereocenters. The van der Waals surface area contributed by atoms with E-state index in [2.05, 4.69) is 50.0 Å². The van der Waals surface area contributed by atoms with Gasteiger partial charge in [0.1, 0.15) is 5.82 Å². The van der Waals surface area contributed by atoms with E-state index in [1.54, 1.807) is 0 Å². The summed E-state index contributed by atoms with van der Waals surface area (Å²) >= 11 is 0. The van der Waals surface area contributed by atoms with Crippen LogP contribution < -0.4 is 0 Å². The second kappa shape index (κ2) is 12.2. The number of halogens is 1. The maximum atomic E-state index is 15.2. The second-order valence-corrected chi connectivity index (χ2v) is 10.2. The fraction of sp³-hybridized carbons (Fsp3) is 0.455. The molecule has 0 nitrogen and oxygen atoms in total. The average Bonchev–Trinajstić information content (AvgIpc) is 2.87. The number of rotatable bonds is 8. The third-order valence-electron chi connectivity index (χ3n) is 7.60. The Morgan fingerprint density at radius 1 is 0.794 bits per heavy atom. The molecule has 0 aliphatic heterocycles. The van der Waals surface area contributed by atoms with Gasteiger partial charge < -0.3 is 0 Å². The molecule has 178 valence electrons. The van der Waals surface area contributed by atoms with Gasteiger partial charge >= 0.3 is 0 Å². The zero-order chi connectivity index (χ0) is 23.8. The molecule has 3 aromatic carbocycles. The predicted molar refractivity (Wildman–Crippen MR) is 144 cm³/mol. The highest BCUT2D eigenvalue weighted by atomic mass is 19.1. The van der Waals surface area contributed by atoms with E-state index in [-0.39, 0.29) is 5.82 Å². The van der Waals surface area contributed by atoms with Crippen LogP contribution in [0.25, 0.3) is 10.8 Å². The van der Waals surface area contributed by atoms with Crippen LogP contribution in [-0.4, -0.2) is 0 Å². The van der Waals surface area contributed by atoms with Gasteiger partial charge in [-0.25, -0.2) is 4.39 Å². The summed E-state index contributed by atoms with van der Waals surface area (Å²) in [5.41, 5.74) is 4.10. The van der Waals surface area contributed by atoms with Crippen LogP contribution in [0.5, 0.6) is 0 Å². The van der Waals surface area contributed by atoms with Crippen molar-refractivity contribution in [2.45, 2.75) is 90.4 Å². The van der Waals surface area contributed by atoms with Crippen molar-refractivity contribution in [3.05, 3.63) is 82.7 Å². The van der Waals surface area contributed by atoms with E-state index in [1.807, 2.05) is 30.3 Å². The molecule has 0 heterocycles. The van der Waals surface area contributed by atoms with Crippen molar-refractivity contribution in [3.63, 3.8) is 0 Å². The first-order chi connectivity index (χ1) is 16.7. The number of hydrogen-bond donors (Lipinski definition) is 0. The van der Waals surface area contributed by atoms with Crippen molar-refractivity contribution in [3.8, 4) is 11.8 Å². The standard InChI is InChI=1S/C33H39F/c1-3-5-6-7-9-26-14-17-28(18-15-26)30-22-23-32-31(24-30)21-20-29(33(32)34)19-16-27-12-10-25(8-4-2)11-13-27/h10-13,20-24,26,28H,3-9,14-15,17-18H2,1-2H3. The zero-order valence-electron chi connectivity index (χ0n) is 21.0. The Morgan fingerprint density at radius 2 is 1.59 bits per heavy atom. The lowest BCUT2D eigenvalue weighted by Crippen LogP contribution is -2.13. The summed E-state index contributed by atoms with van der Waals surface area (Å²) < 4.78 is 15.2. The van der Waals surface area contributed by atoms with E-state index in [0.29, 0.717) is 16.9 Å². The highest BCUT2D eigenvalue weighted by molar-refractivity contribution is 5.85. The fourth-order valence-electron chi connectivity index (χ4n) is 5.49. The molecule has 1 fully saturated rings. The van der Waals surface area contributed by atoms with Crippen molar-refractivity contribution in [2.75, 3.05) is 0 Å². The number of unbranched alkanes of at least 4 members (excludes halogenated alkanes) is 3. The first kappa shape index (κ1) is 24.5. The lowest BCUT2D eigenvalue weighted by molar-refractivity contribution is 0.302. The van der Waals surface area contributed by atoms with Gasteiger partial charge in [0, 0.05) is 10.9 Å². The molecule has 4 rings (SSSR count). The number of benzene rings is 3. The van der Waals surface area contributed by atoms with Gasteiger partial charge in [-0.05, 0) is 78.7 Å². The SMILES string of the molecule is CCCCCCC1CCC(c2ccc3c(F)c(C#Cc4ccc(CCC)cc4)ccc3c2)CC1. The minimum atomic E-state index is -0.199. The molecule has 3 aromatic rings. The Kier molecular flexibility index (Phi) is 8.81. The molecular formula is C33H39F. The molecule has 1 saturated carbocycles. The number of hydrogen-bond acceptors (Lipinski definition) is 0. The summed E-state index contributed by atoms with van der Waals surface area (Å²) in [6, 6.07) is 18.5. The van der Waals surface area contributed by atoms with Gasteiger partial charge in [-0.2, -0.15) is 0 Å². The minimum absolute atomic E-state index is 0.199. The monoisotopic (exact) mass is 454 g/mol.